The molecule has 1 heterocycles. The van der Waals surface area contributed by atoms with Crippen LogP contribution in [0.2, 0.25) is 0 Å². The van der Waals surface area contributed by atoms with Crippen molar-refractivity contribution in [2.75, 3.05) is 20.1 Å². The van der Waals surface area contributed by atoms with Gasteiger partial charge in [-0.15, -0.1) is 0 Å². The van der Waals surface area contributed by atoms with Crippen LogP contribution in [0.3, 0.4) is 0 Å². The SMILES string of the molecule is CN1C(CC#N)CN(C2CC2)CC1(C)C. The predicted molar refractivity (Wildman–Crippen MR) is 60.5 cm³/mol. The van der Waals surface area contributed by atoms with E-state index in [1.807, 2.05) is 0 Å². The molecule has 84 valence electrons. The molecule has 1 saturated carbocycles. The lowest BCUT2D eigenvalue weighted by Crippen LogP contribution is -2.62. The third-order valence-electron chi connectivity index (χ3n) is 3.93. The zero-order valence-electron chi connectivity index (χ0n) is 10.0. The molecular weight excluding hydrogens is 186 g/mol. The van der Waals surface area contributed by atoms with Gasteiger partial charge in [-0.3, -0.25) is 9.80 Å². The average Bonchev–Trinajstić information content (AvgIpc) is 2.95. The van der Waals surface area contributed by atoms with Crippen LogP contribution in [0.1, 0.15) is 33.1 Å². The fourth-order valence-corrected chi connectivity index (χ4v) is 2.59. The van der Waals surface area contributed by atoms with Gasteiger partial charge in [-0.2, -0.15) is 5.26 Å². The molecule has 3 nitrogen and oxygen atoms in total. The molecule has 1 aliphatic heterocycles. The standard InChI is InChI=1S/C12H21N3/c1-12(2)9-15(10-4-5-10)8-11(6-7-13)14(12)3/h10-11H,4-6,8-9H2,1-3H3. The number of hydrogen-bond donors (Lipinski definition) is 0. The molecule has 0 spiro atoms. The molecule has 0 bridgehead atoms. The van der Waals surface area contributed by atoms with E-state index in [9.17, 15) is 0 Å². The number of rotatable bonds is 2. The summed E-state index contributed by atoms with van der Waals surface area (Å²) < 4.78 is 0. The van der Waals surface area contributed by atoms with Gasteiger partial charge in [0.05, 0.1) is 12.5 Å². The molecule has 0 aromatic rings. The van der Waals surface area contributed by atoms with Crippen LogP contribution >= 0.6 is 0 Å². The Morgan fingerprint density at radius 1 is 1.40 bits per heavy atom. The highest BCUT2D eigenvalue weighted by Gasteiger charge is 2.42. The summed E-state index contributed by atoms with van der Waals surface area (Å²) in [6.07, 6.45) is 3.38. The Balaban J connectivity index is 2.07. The Bertz CT molecular complexity index is 275. The maximum atomic E-state index is 8.85. The predicted octanol–water partition coefficient (Wildman–Crippen LogP) is 1.46. The zero-order chi connectivity index (χ0) is 11.1. The average molecular weight is 207 g/mol. The van der Waals surface area contributed by atoms with Crippen molar-refractivity contribution >= 4 is 0 Å². The molecule has 1 atom stereocenters. The maximum absolute atomic E-state index is 8.85. The van der Waals surface area contributed by atoms with E-state index in [4.69, 9.17) is 5.26 Å². The third kappa shape index (κ3) is 2.16. The summed E-state index contributed by atoms with van der Waals surface area (Å²) in [5, 5.41) is 8.85. The number of nitriles is 1. The highest BCUT2D eigenvalue weighted by Crippen LogP contribution is 2.33. The van der Waals surface area contributed by atoms with Crippen molar-refractivity contribution in [2.45, 2.75) is 50.7 Å². The summed E-state index contributed by atoms with van der Waals surface area (Å²) in [6.45, 7) is 6.80. The minimum Gasteiger partial charge on any atom is -0.297 e. The summed E-state index contributed by atoms with van der Waals surface area (Å²) in [4.78, 5) is 4.97. The van der Waals surface area contributed by atoms with Crippen LogP contribution in [0.25, 0.3) is 0 Å². The van der Waals surface area contributed by atoms with Crippen molar-refractivity contribution in [3.05, 3.63) is 0 Å². The van der Waals surface area contributed by atoms with Crippen molar-refractivity contribution in [1.29, 1.82) is 5.26 Å². The van der Waals surface area contributed by atoms with Crippen LogP contribution in [0, 0.1) is 11.3 Å². The molecule has 1 unspecified atom stereocenters. The Morgan fingerprint density at radius 3 is 2.60 bits per heavy atom. The molecule has 0 aromatic carbocycles. The van der Waals surface area contributed by atoms with Crippen LogP contribution in [-0.2, 0) is 0 Å². The van der Waals surface area contributed by atoms with Gasteiger partial charge in [0, 0.05) is 30.7 Å². The summed E-state index contributed by atoms with van der Waals surface area (Å²) in [5.41, 5.74) is 0.211. The van der Waals surface area contributed by atoms with Crippen LogP contribution in [0.4, 0.5) is 0 Å². The largest absolute Gasteiger partial charge is 0.297 e. The van der Waals surface area contributed by atoms with Gasteiger partial charge in [0.2, 0.25) is 0 Å². The molecule has 15 heavy (non-hydrogen) atoms. The monoisotopic (exact) mass is 207 g/mol. The molecule has 2 aliphatic rings. The van der Waals surface area contributed by atoms with Crippen molar-refractivity contribution in [2.24, 2.45) is 0 Å². The molecule has 2 rings (SSSR count). The van der Waals surface area contributed by atoms with Gasteiger partial charge in [-0.1, -0.05) is 0 Å². The topological polar surface area (TPSA) is 30.3 Å². The van der Waals surface area contributed by atoms with Gasteiger partial charge in [0.25, 0.3) is 0 Å². The molecule has 0 amide bonds. The van der Waals surface area contributed by atoms with E-state index >= 15 is 0 Å². The molecule has 0 radical (unpaired) electrons. The van der Waals surface area contributed by atoms with Gasteiger partial charge in [0.15, 0.2) is 0 Å². The molecule has 2 fully saturated rings. The quantitative estimate of drug-likeness (QED) is 0.686. The first-order chi connectivity index (χ1) is 7.04. The van der Waals surface area contributed by atoms with Gasteiger partial charge < -0.3 is 0 Å². The lowest BCUT2D eigenvalue weighted by Gasteiger charge is -2.50. The highest BCUT2D eigenvalue weighted by molar-refractivity contribution is 5.00. The van der Waals surface area contributed by atoms with Gasteiger partial charge >= 0.3 is 0 Å². The van der Waals surface area contributed by atoms with Crippen molar-refractivity contribution in [1.82, 2.24) is 9.80 Å². The zero-order valence-corrected chi connectivity index (χ0v) is 10.0. The lowest BCUT2D eigenvalue weighted by molar-refractivity contribution is -0.00809. The number of piperazine rings is 1. The van der Waals surface area contributed by atoms with E-state index in [0.717, 1.165) is 19.1 Å². The van der Waals surface area contributed by atoms with Gasteiger partial charge in [-0.05, 0) is 33.7 Å². The molecule has 1 saturated heterocycles. The van der Waals surface area contributed by atoms with E-state index < -0.39 is 0 Å². The number of likely N-dealkylation sites (N-methyl/N-ethyl adjacent to an activating group) is 1. The van der Waals surface area contributed by atoms with Crippen molar-refractivity contribution < 1.29 is 0 Å². The maximum Gasteiger partial charge on any atom is 0.0638 e. The first kappa shape index (κ1) is 10.9. The van der Waals surface area contributed by atoms with Crippen molar-refractivity contribution in [3.8, 4) is 6.07 Å². The van der Waals surface area contributed by atoms with Crippen molar-refractivity contribution in [3.63, 3.8) is 0 Å². The smallest absolute Gasteiger partial charge is 0.0638 e. The molecular formula is C12H21N3. The summed E-state index contributed by atoms with van der Waals surface area (Å²) in [5.74, 6) is 0. The Hall–Kier alpha value is -0.590. The first-order valence-corrected chi connectivity index (χ1v) is 5.88. The number of hydrogen-bond acceptors (Lipinski definition) is 3. The van der Waals surface area contributed by atoms with E-state index in [-0.39, 0.29) is 5.54 Å². The Morgan fingerprint density at radius 2 is 2.07 bits per heavy atom. The fraction of sp³-hybridized carbons (Fsp3) is 0.917. The van der Waals surface area contributed by atoms with Crippen LogP contribution in [0.15, 0.2) is 0 Å². The van der Waals surface area contributed by atoms with Gasteiger partial charge in [0.1, 0.15) is 0 Å². The van der Waals surface area contributed by atoms with E-state index in [1.54, 1.807) is 0 Å². The van der Waals surface area contributed by atoms with E-state index in [2.05, 4.69) is 36.8 Å². The molecule has 0 N–H and O–H groups in total. The minimum absolute atomic E-state index is 0.211. The van der Waals surface area contributed by atoms with Crippen LogP contribution in [0.5, 0.6) is 0 Å². The van der Waals surface area contributed by atoms with E-state index in [0.29, 0.717) is 12.5 Å². The second-order valence-corrected chi connectivity index (χ2v) is 5.60. The summed E-state index contributed by atoms with van der Waals surface area (Å²) in [6, 6.07) is 3.55. The van der Waals surface area contributed by atoms with Crippen LogP contribution < -0.4 is 0 Å². The third-order valence-corrected chi connectivity index (χ3v) is 3.93. The Kier molecular flexibility index (Phi) is 2.74. The first-order valence-electron chi connectivity index (χ1n) is 5.88. The second kappa shape index (κ2) is 3.77. The Labute approximate surface area is 92.7 Å². The fourth-order valence-electron chi connectivity index (χ4n) is 2.59. The molecule has 3 heteroatoms. The molecule has 0 aromatic heterocycles. The summed E-state index contributed by atoms with van der Waals surface area (Å²) >= 11 is 0. The highest BCUT2D eigenvalue weighted by atomic mass is 15.3. The van der Waals surface area contributed by atoms with Gasteiger partial charge in [-0.25, -0.2) is 0 Å². The summed E-state index contributed by atoms with van der Waals surface area (Å²) in [7, 11) is 2.16. The number of nitrogens with zero attached hydrogens (tertiary/aromatic N) is 3. The normalized spacial score (nSPS) is 32.5. The molecule has 1 aliphatic carbocycles. The van der Waals surface area contributed by atoms with E-state index in [1.165, 1.54) is 12.8 Å². The second-order valence-electron chi connectivity index (χ2n) is 5.60. The van der Waals surface area contributed by atoms with Crippen LogP contribution in [-0.4, -0.2) is 47.6 Å². The lowest BCUT2D eigenvalue weighted by atomic mass is 9.94. The minimum atomic E-state index is 0.211.